The Morgan fingerprint density at radius 3 is 3.08 bits per heavy atom. The highest BCUT2D eigenvalue weighted by Crippen LogP contribution is 2.28. The van der Waals surface area contributed by atoms with E-state index < -0.39 is 0 Å². The molecular formula is C18H24N4OS. The van der Waals surface area contributed by atoms with E-state index in [0.29, 0.717) is 4.77 Å². The maximum atomic E-state index is 12.6. The van der Waals surface area contributed by atoms with E-state index in [4.69, 9.17) is 12.2 Å². The SMILES string of the molecule is CCCc1n[nH]c(=S)n1CC(=O)N[C@@H]1CCCCc2ccccc21. The number of carbonyl (C=O) groups is 1. The maximum absolute atomic E-state index is 12.6. The van der Waals surface area contributed by atoms with Gasteiger partial charge >= 0.3 is 0 Å². The van der Waals surface area contributed by atoms with Gasteiger partial charge in [-0.2, -0.15) is 5.10 Å². The number of nitrogens with one attached hydrogen (secondary N) is 2. The van der Waals surface area contributed by atoms with E-state index in [0.717, 1.165) is 37.9 Å². The Hall–Kier alpha value is -1.95. The third-order valence-electron chi connectivity index (χ3n) is 4.57. The molecule has 0 unspecified atom stereocenters. The highest BCUT2D eigenvalue weighted by Gasteiger charge is 2.20. The first-order valence-corrected chi connectivity index (χ1v) is 9.11. The van der Waals surface area contributed by atoms with Gasteiger partial charge in [0.25, 0.3) is 0 Å². The number of aryl methyl sites for hydroxylation is 2. The van der Waals surface area contributed by atoms with Gasteiger partial charge in [0.1, 0.15) is 12.4 Å². The molecule has 0 bridgehead atoms. The average Bonchev–Trinajstić information content (AvgIpc) is 2.80. The molecule has 6 heteroatoms. The lowest BCUT2D eigenvalue weighted by Gasteiger charge is -2.19. The number of hydrogen-bond acceptors (Lipinski definition) is 3. The minimum atomic E-state index is -0.00782. The molecule has 24 heavy (non-hydrogen) atoms. The van der Waals surface area contributed by atoms with Gasteiger partial charge in [-0.25, -0.2) is 0 Å². The first-order valence-electron chi connectivity index (χ1n) is 8.70. The number of benzene rings is 1. The summed E-state index contributed by atoms with van der Waals surface area (Å²) in [6, 6.07) is 8.52. The van der Waals surface area contributed by atoms with Crippen molar-refractivity contribution in [2.75, 3.05) is 0 Å². The number of aromatic nitrogens is 3. The second-order valence-corrected chi connectivity index (χ2v) is 6.73. The van der Waals surface area contributed by atoms with E-state index in [2.05, 4.69) is 46.7 Å². The Morgan fingerprint density at radius 1 is 1.42 bits per heavy atom. The number of rotatable bonds is 5. The van der Waals surface area contributed by atoms with Crippen molar-refractivity contribution < 1.29 is 4.79 Å². The molecular weight excluding hydrogens is 320 g/mol. The topological polar surface area (TPSA) is 62.7 Å². The minimum absolute atomic E-state index is 0.00782. The number of aromatic amines is 1. The van der Waals surface area contributed by atoms with E-state index in [1.807, 2.05) is 0 Å². The first-order chi connectivity index (χ1) is 11.7. The number of fused-ring (bicyclic) bond motifs is 1. The molecule has 1 aliphatic rings. The van der Waals surface area contributed by atoms with Crippen molar-refractivity contribution in [2.24, 2.45) is 0 Å². The summed E-state index contributed by atoms with van der Waals surface area (Å²) in [6.07, 6.45) is 6.17. The second-order valence-electron chi connectivity index (χ2n) is 6.35. The van der Waals surface area contributed by atoms with Gasteiger partial charge in [0, 0.05) is 6.42 Å². The molecule has 2 N–H and O–H groups in total. The first kappa shape index (κ1) is 16.9. The van der Waals surface area contributed by atoms with Crippen LogP contribution in [0.4, 0.5) is 0 Å². The lowest BCUT2D eigenvalue weighted by Crippen LogP contribution is -2.32. The number of nitrogens with zero attached hydrogens (tertiary/aromatic N) is 2. The van der Waals surface area contributed by atoms with Gasteiger partial charge in [0.2, 0.25) is 5.91 Å². The summed E-state index contributed by atoms with van der Waals surface area (Å²) in [5.41, 5.74) is 2.61. The van der Waals surface area contributed by atoms with Crippen molar-refractivity contribution in [3.63, 3.8) is 0 Å². The highest BCUT2D eigenvalue weighted by atomic mass is 32.1. The molecule has 0 aliphatic heterocycles. The summed E-state index contributed by atoms with van der Waals surface area (Å²) < 4.78 is 2.31. The third-order valence-corrected chi connectivity index (χ3v) is 4.88. The zero-order valence-corrected chi connectivity index (χ0v) is 14.9. The molecule has 0 fully saturated rings. The van der Waals surface area contributed by atoms with E-state index >= 15 is 0 Å². The summed E-state index contributed by atoms with van der Waals surface area (Å²) in [5, 5.41) is 10.2. The van der Waals surface area contributed by atoms with Crippen LogP contribution in [0.3, 0.4) is 0 Å². The number of carbonyl (C=O) groups excluding carboxylic acids is 1. The highest BCUT2D eigenvalue weighted by molar-refractivity contribution is 7.71. The maximum Gasteiger partial charge on any atom is 0.240 e. The number of hydrogen-bond donors (Lipinski definition) is 2. The van der Waals surface area contributed by atoms with Gasteiger partial charge in [-0.3, -0.25) is 14.5 Å². The normalized spacial score (nSPS) is 17.1. The van der Waals surface area contributed by atoms with Gasteiger partial charge in [-0.05, 0) is 49.0 Å². The lowest BCUT2D eigenvalue weighted by molar-refractivity contribution is -0.122. The minimum Gasteiger partial charge on any atom is -0.348 e. The van der Waals surface area contributed by atoms with Crippen molar-refractivity contribution in [1.29, 1.82) is 0 Å². The Morgan fingerprint density at radius 2 is 2.25 bits per heavy atom. The van der Waals surface area contributed by atoms with E-state index in [1.165, 1.54) is 17.5 Å². The van der Waals surface area contributed by atoms with Gasteiger partial charge in [-0.1, -0.05) is 37.6 Å². The predicted octanol–water partition coefficient (Wildman–Crippen LogP) is 3.48. The van der Waals surface area contributed by atoms with Crippen molar-refractivity contribution in [3.8, 4) is 0 Å². The van der Waals surface area contributed by atoms with Gasteiger partial charge in [0.05, 0.1) is 6.04 Å². The fourth-order valence-electron chi connectivity index (χ4n) is 3.38. The zero-order chi connectivity index (χ0) is 16.9. The van der Waals surface area contributed by atoms with Crippen molar-refractivity contribution in [1.82, 2.24) is 20.1 Å². The molecule has 5 nitrogen and oxygen atoms in total. The van der Waals surface area contributed by atoms with Crippen LogP contribution in [-0.2, 0) is 24.2 Å². The Labute approximate surface area is 147 Å². The molecule has 1 heterocycles. The Bertz CT molecular complexity index is 764. The van der Waals surface area contributed by atoms with Crippen LogP contribution in [0.5, 0.6) is 0 Å². The smallest absolute Gasteiger partial charge is 0.240 e. The lowest BCUT2D eigenvalue weighted by atomic mass is 9.99. The molecule has 1 aromatic carbocycles. The molecule has 1 aliphatic carbocycles. The average molecular weight is 344 g/mol. The molecule has 0 spiro atoms. The van der Waals surface area contributed by atoms with Gasteiger partial charge in [0.15, 0.2) is 4.77 Å². The van der Waals surface area contributed by atoms with Crippen LogP contribution < -0.4 is 5.32 Å². The summed E-state index contributed by atoms with van der Waals surface area (Å²) in [4.78, 5) is 12.6. The number of H-pyrrole nitrogens is 1. The predicted molar refractivity (Wildman–Crippen MR) is 96.3 cm³/mol. The van der Waals surface area contributed by atoms with E-state index in [-0.39, 0.29) is 18.5 Å². The number of amides is 1. The molecule has 2 aromatic rings. The van der Waals surface area contributed by atoms with Crippen LogP contribution in [0.2, 0.25) is 0 Å². The van der Waals surface area contributed by atoms with Crippen molar-refractivity contribution in [2.45, 2.75) is 58.0 Å². The fourth-order valence-corrected chi connectivity index (χ4v) is 3.60. The largest absolute Gasteiger partial charge is 0.348 e. The van der Waals surface area contributed by atoms with E-state index in [9.17, 15) is 4.79 Å². The molecule has 1 aromatic heterocycles. The zero-order valence-electron chi connectivity index (χ0n) is 14.0. The fraction of sp³-hybridized carbons (Fsp3) is 0.500. The van der Waals surface area contributed by atoms with Crippen LogP contribution >= 0.6 is 12.2 Å². The Balaban J connectivity index is 1.74. The molecule has 128 valence electrons. The second kappa shape index (κ2) is 7.75. The van der Waals surface area contributed by atoms with Crippen molar-refractivity contribution in [3.05, 3.63) is 46.0 Å². The standard InChI is InChI=1S/C18H24N4OS/c1-2-7-16-20-21-18(24)22(16)12-17(23)19-15-11-6-4-9-13-8-3-5-10-14(13)15/h3,5,8,10,15H,2,4,6-7,9,11-12H2,1H3,(H,19,23)(H,21,24)/t15-/m1/s1. The molecule has 1 amide bonds. The molecule has 3 rings (SSSR count). The molecule has 0 radical (unpaired) electrons. The molecule has 0 saturated carbocycles. The van der Waals surface area contributed by atoms with Crippen LogP contribution in [0.25, 0.3) is 0 Å². The van der Waals surface area contributed by atoms with Gasteiger partial charge in [-0.15, -0.1) is 0 Å². The monoisotopic (exact) mass is 344 g/mol. The van der Waals surface area contributed by atoms with Crippen LogP contribution in [0.1, 0.15) is 55.6 Å². The molecule has 0 saturated heterocycles. The summed E-state index contributed by atoms with van der Waals surface area (Å²) in [7, 11) is 0. The van der Waals surface area contributed by atoms with Crippen LogP contribution in [0.15, 0.2) is 24.3 Å². The van der Waals surface area contributed by atoms with Gasteiger partial charge < -0.3 is 5.32 Å². The summed E-state index contributed by atoms with van der Waals surface area (Å²) in [6.45, 7) is 2.31. The molecule has 1 atom stereocenters. The van der Waals surface area contributed by atoms with Crippen LogP contribution in [0, 0.1) is 4.77 Å². The van der Waals surface area contributed by atoms with Crippen LogP contribution in [-0.4, -0.2) is 20.7 Å². The third kappa shape index (κ3) is 3.75. The van der Waals surface area contributed by atoms with Crippen molar-refractivity contribution >= 4 is 18.1 Å². The Kier molecular flexibility index (Phi) is 5.45. The quantitative estimate of drug-likeness (QED) is 0.645. The summed E-state index contributed by atoms with van der Waals surface area (Å²) in [5.74, 6) is 0.838. The van der Waals surface area contributed by atoms with E-state index in [1.54, 1.807) is 4.57 Å². The summed E-state index contributed by atoms with van der Waals surface area (Å²) >= 11 is 5.26.